The summed E-state index contributed by atoms with van der Waals surface area (Å²) in [6.07, 6.45) is 1.57. The maximum absolute atomic E-state index is 12.5. The molecule has 4 rings (SSSR count). The highest BCUT2D eigenvalue weighted by Gasteiger charge is 2.09. The van der Waals surface area contributed by atoms with Crippen molar-refractivity contribution in [3.8, 4) is 11.3 Å². The first-order valence-electron chi connectivity index (χ1n) is 8.57. The number of rotatable bonds is 3. The van der Waals surface area contributed by atoms with E-state index in [2.05, 4.69) is 46.2 Å². The van der Waals surface area contributed by atoms with Crippen LogP contribution in [0.1, 0.15) is 21.5 Å². The van der Waals surface area contributed by atoms with Crippen molar-refractivity contribution in [2.24, 2.45) is 0 Å². The Labute approximate surface area is 155 Å². The van der Waals surface area contributed by atoms with Crippen LogP contribution in [0.5, 0.6) is 0 Å². The van der Waals surface area contributed by atoms with Crippen molar-refractivity contribution in [2.45, 2.75) is 13.8 Å². The number of aryl methyl sites for hydroxylation is 2. The number of imidazole rings is 1. The third kappa shape index (κ3) is 3.37. The summed E-state index contributed by atoms with van der Waals surface area (Å²) in [7, 11) is 0. The van der Waals surface area contributed by atoms with Gasteiger partial charge >= 0.3 is 5.69 Å². The second kappa shape index (κ2) is 6.57. The van der Waals surface area contributed by atoms with E-state index >= 15 is 0 Å². The van der Waals surface area contributed by atoms with Gasteiger partial charge in [-0.2, -0.15) is 0 Å². The number of carbonyl (C=O) groups is 1. The highest BCUT2D eigenvalue weighted by Crippen LogP contribution is 2.21. The maximum atomic E-state index is 12.5. The van der Waals surface area contributed by atoms with Crippen molar-refractivity contribution in [1.29, 1.82) is 0 Å². The van der Waals surface area contributed by atoms with E-state index in [-0.39, 0.29) is 11.6 Å². The molecular formula is C21H18N4O2. The lowest BCUT2D eigenvalue weighted by atomic mass is 10.0. The van der Waals surface area contributed by atoms with Crippen LogP contribution in [0.4, 0.5) is 5.69 Å². The number of aromatic amines is 2. The van der Waals surface area contributed by atoms with E-state index in [0.717, 1.165) is 11.3 Å². The summed E-state index contributed by atoms with van der Waals surface area (Å²) in [4.78, 5) is 33.6. The molecule has 0 aliphatic rings. The van der Waals surface area contributed by atoms with Crippen LogP contribution in [0.15, 0.2) is 59.5 Å². The number of benzene rings is 2. The van der Waals surface area contributed by atoms with E-state index < -0.39 is 0 Å². The molecule has 0 saturated carbocycles. The number of anilines is 1. The maximum Gasteiger partial charge on any atom is 0.323 e. The first-order valence-corrected chi connectivity index (χ1v) is 8.57. The molecule has 0 spiro atoms. The molecule has 2 aromatic heterocycles. The zero-order chi connectivity index (χ0) is 19.0. The molecular weight excluding hydrogens is 340 g/mol. The van der Waals surface area contributed by atoms with E-state index in [1.165, 1.54) is 11.1 Å². The summed E-state index contributed by atoms with van der Waals surface area (Å²) in [5.74, 6) is -0.258. The van der Waals surface area contributed by atoms with E-state index in [4.69, 9.17) is 0 Å². The van der Waals surface area contributed by atoms with Crippen molar-refractivity contribution >= 4 is 22.6 Å². The lowest BCUT2D eigenvalue weighted by molar-refractivity contribution is 0.102. The molecule has 1 amide bonds. The molecule has 4 aromatic rings. The number of carbonyl (C=O) groups excluding carboxylic acids is 1. The Morgan fingerprint density at radius 3 is 2.48 bits per heavy atom. The fourth-order valence-electron chi connectivity index (χ4n) is 2.91. The van der Waals surface area contributed by atoms with Gasteiger partial charge in [0.25, 0.3) is 5.91 Å². The van der Waals surface area contributed by atoms with E-state index in [1.54, 1.807) is 30.5 Å². The number of fused-ring (bicyclic) bond motifs is 1. The van der Waals surface area contributed by atoms with Crippen LogP contribution in [-0.2, 0) is 0 Å². The lowest BCUT2D eigenvalue weighted by Gasteiger charge is -2.07. The first kappa shape index (κ1) is 16.8. The normalized spacial score (nSPS) is 10.9. The first-order chi connectivity index (χ1) is 13.0. The van der Waals surface area contributed by atoms with Crippen LogP contribution < -0.4 is 11.0 Å². The number of amides is 1. The molecule has 3 N–H and O–H groups in total. The van der Waals surface area contributed by atoms with Gasteiger partial charge in [0.2, 0.25) is 0 Å². The number of nitrogens with one attached hydrogen (secondary N) is 3. The number of nitrogens with zero attached hydrogens (tertiary/aromatic N) is 1. The topological polar surface area (TPSA) is 90.6 Å². The summed E-state index contributed by atoms with van der Waals surface area (Å²) >= 11 is 0. The molecule has 2 heterocycles. The minimum atomic E-state index is -0.278. The number of pyridine rings is 1. The monoisotopic (exact) mass is 358 g/mol. The fourth-order valence-corrected chi connectivity index (χ4v) is 2.91. The van der Waals surface area contributed by atoms with Crippen LogP contribution in [0, 0.1) is 13.8 Å². The van der Waals surface area contributed by atoms with Gasteiger partial charge < -0.3 is 15.3 Å². The summed E-state index contributed by atoms with van der Waals surface area (Å²) in [6, 6.07) is 15.0. The minimum Gasteiger partial charge on any atom is -0.322 e. The van der Waals surface area contributed by atoms with Crippen LogP contribution in [-0.4, -0.2) is 20.9 Å². The zero-order valence-corrected chi connectivity index (χ0v) is 15.0. The van der Waals surface area contributed by atoms with Crippen molar-refractivity contribution in [3.05, 3.63) is 81.9 Å². The minimum absolute atomic E-state index is 0.258. The highest BCUT2D eigenvalue weighted by atomic mass is 16.2. The standard InChI is InChI=1S/C21H18N4O2/c1-12-3-4-14(9-13(12)2)17-7-5-15(11-22-17)20(26)23-16-6-8-18-19(10-16)25-21(27)24-18/h3-11H,1-2H3,(H,23,26)(H2,24,25,27). The smallest absolute Gasteiger partial charge is 0.322 e. The Bertz CT molecular complexity index is 1200. The van der Waals surface area contributed by atoms with Crippen molar-refractivity contribution in [3.63, 3.8) is 0 Å². The summed E-state index contributed by atoms with van der Waals surface area (Å²) in [5, 5.41) is 2.82. The van der Waals surface area contributed by atoms with Gasteiger partial charge in [-0.15, -0.1) is 0 Å². The molecule has 0 unspecified atom stereocenters. The van der Waals surface area contributed by atoms with Crippen LogP contribution in [0.3, 0.4) is 0 Å². The Balaban J connectivity index is 1.54. The molecule has 2 aromatic carbocycles. The number of H-pyrrole nitrogens is 2. The third-order valence-electron chi connectivity index (χ3n) is 4.60. The van der Waals surface area contributed by atoms with Gasteiger partial charge in [0.1, 0.15) is 0 Å². The van der Waals surface area contributed by atoms with Gasteiger partial charge in [-0.25, -0.2) is 4.79 Å². The predicted octanol–water partition coefficient (Wildman–Crippen LogP) is 3.79. The van der Waals surface area contributed by atoms with Gasteiger partial charge in [0.05, 0.1) is 22.3 Å². The average molecular weight is 358 g/mol. The molecule has 6 heteroatoms. The van der Waals surface area contributed by atoms with E-state index in [0.29, 0.717) is 22.3 Å². The average Bonchev–Trinajstić information content (AvgIpc) is 3.03. The molecule has 0 radical (unpaired) electrons. The predicted molar refractivity (Wildman–Crippen MR) is 106 cm³/mol. The quantitative estimate of drug-likeness (QED) is 0.520. The largest absolute Gasteiger partial charge is 0.323 e. The second-order valence-corrected chi connectivity index (χ2v) is 6.52. The molecule has 0 aliphatic heterocycles. The van der Waals surface area contributed by atoms with Crippen molar-refractivity contribution in [1.82, 2.24) is 15.0 Å². The van der Waals surface area contributed by atoms with Crippen molar-refractivity contribution < 1.29 is 4.79 Å². The van der Waals surface area contributed by atoms with E-state index in [9.17, 15) is 9.59 Å². The molecule has 6 nitrogen and oxygen atoms in total. The third-order valence-corrected chi connectivity index (χ3v) is 4.60. The van der Waals surface area contributed by atoms with Gasteiger partial charge in [0, 0.05) is 17.4 Å². The fraction of sp³-hybridized carbons (Fsp3) is 0.0952. The van der Waals surface area contributed by atoms with Crippen molar-refractivity contribution in [2.75, 3.05) is 5.32 Å². The Morgan fingerprint density at radius 2 is 1.74 bits per heavy atom. The molecule has 0 atom stereocenters. The number of hydrogen-bond donors (Lipinski definition) is 3. The highest BCUT2D eigenvalue weighted by molar-refractivity contribution is 6.04. The van der Waals surface area contributed by atoms with Gasteiger partial charge in [-0.05, 0) is 61.4 Å². The molecule has 0 saturated heterocycles. The molecule has 27 heavy (non-hydrogen) atoms. The SMILES string of the molecule is Cc1ccc(-c2ccc(C(=O)Nc3ccc4[nH]c(=O)[nH]c4c3)cn2)cc1C. The molecule has 134 valence electrons. The number of aromatic nitrogens is 3. The molecule has 0 bridgehead atoms. The Kier molecular flexibility index (Phi) is 4.08. The summed E-state index contributed by atoms with van der Waals surface area (Å²) in [5.41, 5.74) is 6.39. The summed E-state index contributed by atoms with van der Waals surface area (Å²) in [6.45, 7) is 4.13. The Hall–Kier alpha value is -3.67. The van der Waals surface area contributed by atoms with Crippen LogP contribution in [0.2, 0.25) is 0 Å². The van der Waals surface area contributed by atoms with Crippen LogP contribution in [0.25, 0.3) is 22.3 Å². The number of hydrogen-bond acceptors (Lipinski definition) is 3. The van der Waals surface area contributed by atoms with Gasteiger partial charge in [0.15, 0.2) is 0 Å². The summed E-state index contributed by atoms with van der Waals surface area (Å²) < 4.78 is 0. The molecule has 0 fully saturated rings. The van der Waals surface area contributed by atoms with Crippen LogP contribution >= 0.6 is 0 Å². The van der Waals surface area contributed by atoms with E-state index in [1.807, 2.05) is 12.1 Å². The Morgan fingerprint density at radius 1 is 0.926 bits per heavy atom. The zero-order valence-electron chi connectivity index (χ0n) is 15.0. The lowest BCUT2D eigenvalue weighted by Crippen LogP contribution is -2.12. The van der Waals surface area contributed by atoms with Gasteiger partial charge in [-0.3, -0.25) is 9.78 Å². The second-order valence-electron chi connectivity index (χ2n) is 6.52. The molecule has 0 aliphatic carbocycles. The van der Waals surface area contributed by atoms with Gasteiger partial charge in [-0.1, -0.05) is 12.1 Å².